The Balaban J connectivity index is 1.94. The molecule has 2 aromatic carbocycles. The van der Waals surface area contributed by atoms with Crippen LogP contribution in [0.3, 0.4) is 0 Å². The van der Waals surface area contributed by atoms with Gasteiger partial charge in [-0.1, -0.05) is 0 Å². The van der Waals surface area contributed by atoms with Crippen LogP contribution in [-0.2, 0) is 14.8 Å². The molecule has 1 N–H and O–H groups in total. The van der Waals surface area contributed by atoms with E-state index >= 15 is 0 Å². The molecule has 10 heteroatoms. The Kier molecular flexibility index (Phi) is 5.92. The standard InChI is InChI=1S/C18H18F2N2O5S/c1-26-17-5-3-13(28(24,25)22-6-8-27-9-7-22)11-14(17)18(23)21-16-10-12(19)2-4-15(16)20/h2-5,10-11H,6-9H2,1H3,(H,21,23). The van der Waals surface area contributed by atoms with Crippen LogP contribution in [-0.4, -0.2) is 52.0 Å². The van der Waals surface area contributed by atoms with E-state index in [0.717, 1.165) is 24.3 Å². The minimum Gasteiger partial charge on any atom is -0.496 e. The van der Waals surface area contributed by atoms with Gasteiger partial charge in [0.05, 0.1) is 36.5 Å². The Morgan fingerprint density at radius 3 is 2.54 bits per heavy atom. The van der Waals surface area contributed by atoms with Crippen molar-refractivity contribution in [3.8, 4) is 5.75 Å². The van der Waals surface area contributed by atoms with E-state index < -0.39 is 27.6 Å². The maximum absolute atomic E-state index is 13.8. The molecule has 0 spiro atoms. The number of hydrogen-bond donors (Lipinski definition) is 1. The number of morpholine rings is 1. The number of nitrogens with zero attached hydrogens (tertiary/aromatic N) is 1. The van der Waals surface area contributed by atoms with Gasteiger partial charge in [0.25, 0.3) is 5.91 Å². The number of nitrogens with one attached hydrogen (secondary N) is 1. The summed E-state index contributed by atoms with van der Waals surface area (Å²) in [6.45, 7) is 0.956. The van der Waals surface area contributed by atoms with Crippen LogP contribution >= 0.6 is 0 Å². The molecule has 1 aliphatic heterocycles. The van der Waals surface area contributed by atoms with Gasteiger partial charge in [0.15, 0.2) is 0 Å². The summed E-state index contributed by atoms with van der Waals surface area (Å²) < 4.78 is 64.3. The molecule has 0 unspecified atom stereocenters. The second-order valence-corrected chi connectivity index (χ2v) is 7.89. The topological polar surface area (TPSA) is 84.9 Å². The number of rotatable bonds is 5. The fourth-order valence-electron chi connectivity index (χ4n) is 2.74. The average Bonchev–Trinajstić information content (AvgIpc) is 2.70. The van der Waals surface area contributed by atoms with Crippen molar-refractivity contribution in [3.63, 3.8) is 0 Å². The molecule has 150 valence electrons. The van der Waals surface area contributed by atoms with Gasteiger partial charge in [0.2, 0.25) is 10.0 Å². The molecule has 0 atom stereocenters. The number of amides is 1. The molecule has 7 nitrogen and oxygen atoms in total. The van der Waals surface area contributed by atoms with E-state index in [1.807, 2.05) is 0 Å². The highest BCUT2D eigenvalue weighted by molar-refractivity contribution is 7.89. The molecule has 1 saturated heterocycles. The van der Waals surface area contributed by atoms with Gasteiger partial charge in [-0.3, -0.25) is 4.79 Å². The lowest BCUT2D eigenvalue weighted by Gasteiger charge is -2.26. The van der Waals surface area contributed by atoms with Crippen molar-refractivity contribution >= 4 is 21.6 Å². The molecule has 0 aromatic heterocycles. The summed E-state index contributed by atoms with van der Waals surface area (Å²) in [4.78, 5) is 12.5. The highest BCUT2D eigenvalue weighted by atomic mass is 32.2. The second-order valence-electron chi connectivity index (χ2n) is 5.96. The van der Waals surface area contributed by atoms with Crippen LogP contribution in [0.15, 0.2) is 41.3 Å². The highest BCUT2D eigenvalue weighted by Gasteiger charge is 2.28. The molecule has 1 heterocycles. The second kappa shape index (κ2) is 8.21. The van der Waals surface area contributed by atoms with Gasteiger partial charge in [0, 0.05) is 19.2 Å². The Hall–Kier alpha value is -2.56. The van der Waals surface area contributed by atoms with Crippen molar-refractivity contribution in [2.24, 2.45) is 0 Å². The zero-order valence-corrected chi connectivity index (χ0v) is 15.8. The monoisotopic (exact) mass is 412 g/mol. The molecule has 1 amide bonds. The maximum Gasteiger partial charge on any atom is 0.259 e. The number of ether oxygens (including phenoxy) is 2. The Morgan fingerprint density at radius 2 is 1.86 bits per heavy atom. The van der Waals surface area contributed by atoms with Crippen LogP contribution in [0, 0.1) is 11.6 Å². The molecule has 1 fully saturated rings. The minimum absolute atomic E-state index is 0.0928. The van der Waals surface area contributed by atoms with E-state index in [-0.39, 0.29) is 48.2 Å². The largest absolute Gasteiger partial charge is 0.496 e. The van der Waals surface area contributed by atoms with Crippen LogP contribution in [0.5, 0.6) is 5.75 Å². The molecule has 28 heavy (non-hydrogen) atoms. The number of benzene rings is 2. The quantitative estimate of drug-likeness (QED) is 0.814. The molecule has 0 bridgehead atoms. The SMILES string of the molecule is COc1ccc(S(=O)(=O)N2CCOCC2)cc1C(=O)Nc1cc(F)ccc1F. The zero-order chi connectivity index (χ0) is 20.3. The van der Waals surface area contributed by atoms with Crippen LogP contribution in [0.1, 0.15) is 10.4 Å². The van der Waals surface area contributed by atoms with E-state index in [2.05, 4.69) is 5.32 Å². The summed E-state index contributed by atoms with van der Waals surface area (Å²) in [5, 5.41) is 2.24. The predicted molar refractivity (Wildman–Crippen MR) is 96.9 cm³/mol. The van der Waals surface area contributed by atoms with Crippen LogP contribution in [0.4, 0.5) is 14.5 Å². The lowest BCUT2D eigenvalue weighted by atomic mass is 10.1. The van der Waals surface area contributed by atoms with Gasteiger partial charge < -0.3 is 14.8 Å². The van der Waals surface area contributed by atoms with Crippen molar-refractivity contribution in [1.29, 1.82) is 0 Å². The first kappa shape index (κ1) is 20.2. The smallest absolute Gasteiger partial charge is 0.259 e. The molecule has 2 aromatic rings. The van der Waals surface area contributed by atoms with Crippen molar-refractivity contribution < 1.29 is 31.5 Å². The fraction of sp³-hybridized carbons (Fsp3) is 0.278. The minimum atomic E-state index is -3.85. The summed E-state index contributed by atoms with van der Waals surface area (Å²) in [6.07, 6.45) is 0. The van der Waals surface area contributed by atoms with Crippen LogP contribution in [0.2, 0.25) is 0 Å². The zero-order valence-electron chi connectivity index (χ0n) is 14.9. The number of carbonyl (C=O) groups is 1. The van der Waals surface area contributed by atoms with Gasteiger partial charge in [-0.05, 0) is 30.3 Å². The van der Waals surface area contributed by atoms with Gasteiger partial charge in [-0.25, -0.2) is 17.2 Å². The predicted octanol–water partition coefficient (Wildman–Crippen LogP) is 2.25. The van der Waals surface area contributed by atoms with E-state index in [1.165, 1.54) is 23.5 Å². The number of anilines is 1. The number of hydrogen-bond acceptors (Lipinski definition) is 5. The molecular formula is C18H18F2N2O5S. The number of carbonyl (C=O) groups excluding carboxylic acids is 1. The van der Waals surface area contributed by atoms with E-state index in [1.54, 1.807) is 0 Å². The highest BCUT2D eigenvalue weighted by Crippen LogP contribution is 2.26. The lowest BCUT2D eigenvalue weighted by molar-refractivity contribution is 0.0730. The first-order chi connectivity index (χ1) is 13.3. The average molecular weight is 412 g/mol. The third kappa shape index (κ3) is 4.13. The third-order valence-corrected chi connectivity index (χ3v) is 6.09. The van der Waals surface area contributed by atoms with Gasteiger partial charge in [-0.2, -0.15) is 4.31 Å². The van der Waals surface area contributed by atoms with Crippen molar-refractivity contribution in [2.75, 3.05) is 38.7 Å². The number of halogens is 2. The lowest BCUT2D eigenvalue weighted by Crippen LogP contribution is -2.40. The van der Waals surface area contributed by atoms with Crippen molar-refractivity contribution in [2.45, 2.75) is 4.90 Å². The fourth-order valence-corrected chi connectivity index (χ4v) is 4.18. The number of methoxy groups -OCH3 is 1. The summed E-state index contributed by atoms with van der Waals surface area (Å²) in [7, 11) is -2.54. The van der Waals surface area contributed by atoms with Crippen molar-refractivity contribution in [3.05, 3.63) is 53.6 Å². The molecule has 0 saturated carbocycles. The Labute approximate surface area is 160 Å². The number of sulfonamides is 1. The molecule has 3 rings (SSSR count). The summed E-state index contributed by atoms with van der Waals surface area (Å²) in [6, 6.07) is 6.43. The maximum atomic E-state index is 13.8. The molecule has 0 aliphatic carbocycles. The normalized spacial score (nSPS) is 15.2. The Morgan fingerprint density at radius 1 is 1.14 bits per heavy atom. The van der Waals surface area contributed by atoms with E-state index in [0.29, 0.717) is 0 Å². The van der Waals surface area contributed by atoms with Crippen LogP contribution in [0.25, 0.3) is 0 Å². The van der Waals surface area contributed by atoms with Crippen molar-refractivity contribution in [1.82, 2.24) is 4.31 Å². The molecule has 1 aliphatic rings. The molecule has 0 radical (unpaired) electrons. The van der Waals surface area contributed by atoms with Gasteiger partial charge >= 0.3 is 0 Å². The Bertz CT molecular complexity index is 991. The van der Waals surface area contributed by atoms with E-state index in [4.69, 9.17) is 9.47 Å². The molecular weight excluding hydrogens is 394 g/mol. The first-order valence-corrected chi connectivity index (χ1v) is 9.79. The summed E-state index contributed by atoms with van der Waals surface area (Å²) >= 11 is 0. The van der Waals surface area contributed by atoms with Crippen LogP contribution < -0.4 is 10.1 Å². The third-order valence-electron chi connectivity index (χ3n) is 4.20. The first-order valence-electron chi connectivity index (χ1n) is 8.35. The van der Waals surface area contributed by atoms with Gasteiger partial charge in [0.1, 0.15) is 17.4 Å². The summed E-state index contributed by atoms with van der Waals surface area (Å²) in [5.41, 5.74) is -0.492. The van der Waals surface area contributed by atoms with E-state index in [9.17, 15) is 22.0 Å². The summed E-state index contributed by atoms with van der Waals surface area (Å²) in [5.74, 6) is -2.30. The van der Waals surface area contributed by atoms with Gasteiger partial charge in [-0.15, -0.1) is 0 Å².